The molecule has 2 aromatic carbocycles. The second kappa shape index (κ2) is 7.88. The second-order valence-corrected chi connectivity index (χ2v) is 7.25. The largest absolute Gasteiger partial charge is 0.508 e. The Labute approximate surface area is 163 Å². The number of phenolic OH excluding ortho intramolecular Hbond substituents is 2. The lowest BCUT2D eigenvalue weighted by atomic mass is 10.1. The molecule has 3 rings (SSSR count). The minimum Gasteiger partial charge on any atom is -0.508 e. The highest BCUT2D eigenvalue weighted by molar-refractivity contribution is 9.10. The maximum Gasteiger partial charge on any atom is 0.206 e. The van der Waals surface area contributed by atoms with Crippen LogP contribution in [-0.4, -0.2) is 27.1 Å². The van der Waals surface area contributed by atoms with Gasteiger partial charge in [-0.15, -0.1) is 11.3 Å². The highest BCUT2D eigenvalue weighted by Crippen LogP contribution is 2.29. The average molecular weight is 432 g/mol. The van der Waals surface area contributed by atoms with Crippen LogP contribution in [0, 0.1) is 0 Å². The zero-order valence-corrected chi connectivity index (χ0v) is 16.8. The fraction of sp³-hybridized carbons (Fsp3) is 0.158. The van der Waals surface area contributed by atoms with E-state index in [0.717, 1.165) is 20.5 Å². The molecule has 2 N–H and O–H groups in total. The number of thiazole rings is 1. The highest BCUT2D eigenvalue weighted by Gasteiger charge is 2.12. The van der Waals surface area contributed by atoms with Crippen molar-refractivity contribution in [2.75, 3.05) is 6.54 Å². The van der Waals surface area contributed by atoms with E-state index in [1.54, 1.807) is 10.7 Å². The van der Waals surface area contributed by atoms with Crippen molar-refractivity contribution in [3.05, 3.63) is 62.7 Å². The van der Waals surface area contributed by atoms with Gasteiger partial charge in [0.2, 0.25) is 4.80 Å². The van der Waals surface area contributed by atoms with Gasteiger partial charge in [0.15, 0.2) is 0 Å². The van der Waals surface area contributed by atoms with Crippen molar-refractivity contribution in [1.82, 2.24) is 4.68 Å². The van der Waals surface area contributed by atoms with Crippen LogP contribution >= 0.6 is 27.3 Å². The number of hydrogen-bond acceptors (Lipinski definition) is 5. The van der Waals surface area contributed by atoms with E-state index in [1.165, 1.54) is 23.5 Å². The molecule has 0 saturated carbocycles. The smallest absolute Gasteiger partial charge is 0.206 e. The minimum atomic E-state index is -0.0153. The van der Waals surface area contributed by atoms with Gasteiger partial charge in [-0.25, -0.2) is 4.68 Å². The first-order chi connectivity index (χ1) is 12.5. The predicted octanol–water partition coefficient (Wildman–Crippen LogP) is 4.58. The Bertz CT molecular complexity index is 1040. The Hall–Kier alpha value is -2.38. The fourth-order valence-electron chi connectivity index (χ4n) is 2.52. The van der Waals surface area contributed by atoms with Crippen LogP contribution in [0.1, 0.15) is 19.4 Å². The summed E-state index contributed by atoms with van der Waals surface area (Å²) in [5.41, 5.74) is 3.09. The summed E-state index contributed by atoms with van der Waals surface area (Å²) in [6.45, 7) is 4.44. The van der Waals surface area contributed by atoms with Crippen LogP contribution in [0.5, 0.6) is 11.5 Å². The highest BCUT2D eigenvalue weighted by atomic mass is 79.9. The van der Waals surface area contributed by atoms with E-state index in [-0.39, 0.29) is 11.5 Å². The van der Waals surface area contributed by atoms with Gasteiger partial charge in [0.25, 0.3) is 0 Å². The molecular formula is C19H18BrN3O2S. The standard InChI is InChI=1S/C19H18BrN3O2S/c1-3-21-19-23(17(11-26-19)15-6-4-5-7-16(15)20)22-12(2)14-9-8-13(24)10-18(14)25/h4-11,24-25H,3H2,1-2H3. The Morgan fingerprint density at radius 3 is 2.65 bits per heavy atom. The Kier molecular flexibility index (Phi) is 5.58. The van der Waals surface area contributed by atoms with Gasteiger partial charge in [0, 0.05) is 33.6 Å². The molecule has 0 spiro atoms. The molecule has 134 valence electrons. The van der Waals surface area contributed by atoms with E-state index in [2.05, 4.69) is 20.9 Å². The molecule has 0 saturated heterocycles. The minimum absolute atomic E-state index is 0.0119. The van der Waals surface area contributed by atoms with Crippen molar-refractivity contribution >= 4 is 33.0 Å². The van der Waals surface area contributed by atoms with Crippen molar-refractivity contribution in [3.63, 3.8) is 0 Å². The van der Waals surface area contributed by atoms with Crippen molar-refractivity contribution in [3.8, 4) is 22.8 Å². The van der Waals surface area contributed by atoms with Crippen LogP contribution in [0.2, 0.25) is 0 Å². The third kappa shape index (κ3) is 3.73. The molecule has 0 amide bonds. The van der Waals surface area contributed by atoms with Crippen molar-refractivity contribution in [1.29, 1.82) is 0 Å². The van der Waals surface area contributed by atoms with Crippen molar-refractivity contribution in [2.45, 2.75) is 13.8 Å². The first-order valence-corrected chi connectivity index (χ1v) is 9.72. The number of hydrogen-bond donors (Lipinski definition) is 2. The molecule has 0 unspecified atom stereocenters. The van der Waals surface area contributed by atoms with E-state index in [0.29, 0.717) is 17.8 Å². The number of halogens is 1. The van der Waals surface area contributed by atoms with Crippen molar-refractivity contribution < 1.29 is 10.2 Å². The average Bonchev–Trinajstić information content (AvgIpc) is 2.98. The second-order valence-electron chi connectivity index (χ2n) is 5.56. The molecule has 0 aliphatic carbocycles. The monoisotopic (exact) mass is 431 g/mol. The molecule has 0 aliphatic rings. The third-order valence-electron chi connectivity index (χ3n) is 3.75. The number of nitrogens with zero attached hydrogens (tertiary/aromatic N) is 3. The summed E-state index contributed by atoms with van der Waals surface area (Å²) in [6, 6.07) is 12.4. The van der Waals surface area contributed by atoms with Gasteiger partial charge >= 0.3 is 0 Å². The van der Waals surface area contributed by atoms with E-state index in [4.69, 9.17) is 5.10 Å². The maximum atomic E-state index is 10.1. The van der Waals surface area contributed by atoms with Gasteiger partial charge in [0.05, 0.1) is 11.4 Å². The van der Waals surface area contributed by atoms with Crippen LogP contribution in [0.15, 0.2) is 62.4 Å². The first-order valence-electron chi connectivity index (χ1n) is 8.05. The molecule has 26 heavy (non-hydrogen) atoms. The first kappa shape index (κ1) is 18.4. The summed E-state index contributed by atoms with van der Waals surface area (Å²) < 4.78 is 2.76. The molecule has 0 fully saturated rings. The lowest BCUT2D eigenvalue weighted by Crippen LogP contribution is -2.14. The lowest BCUT2D eigenvalue weighted by molar-refractivity contribution is 0.450. The van der Waals surface area contributed by atoms with Gasteiger partial charge in [-0.2, -0.15) is 5.10 Å². The molecule has 0 bridgehead atoms. The fourth-order valence-corrected chi connectivity index (χ4v) is 3.90. The lowest BCUT2D eigenvalue weighted by Gasteiger charge is -2.09. The Balaban J connectivity index is 2.19. The summed E-state index contributed by atoms with van der Waals surface area (Å²) >= 11 is 5.10. The third-order valence-corrected chi connectivity index (χ3v) is 5.30. The van der Waals surface area contributed by atoms with E-state index >= 15 is 0 Å². The molecule has 1 heterocycles. The summed E-state index contributed by atoms with van der Waals surface area (Å²) in [5.74, 6) is -0.00341. The summed E-state index contributed by atoms with van der Waals surface area (Å²) in [6.07, 6.45) is 0. The zero-order valence-electron chi connectivity index (χ0n) is 14.3. The topological polar surface area (TPSA) is 70.1 Å². The SMILES string of the molecule is CCN=c1scc(-c2ccccc2Br)n1N=C(C)c1ccc(O)cc1O. The van der Waals surface area contributed by atoms with E-state index < -0.39 is 0 Å². The number of phenols is 2. The van der Waals surface area contributed by atoms with Crippen LogP contribution in [0.4, 0.5) is 0 Å². The van der Waals surface area contributed by atoms with E-state index in [1.807, 2.05) is 43.5 Å². The molecule has 5 nitrogen and oxygen atoms in total. The quantitative estimate of drug-likeness (QED) is 0.593. The number of aromatic hydroxyl groups is 2. The van der Waals surface area contributed by atoms with Crippen LogP contribution in [-0.2, 0) is 0 Å². The van der Waals surface area contributed by atoms with Gasteiger partial charge < -0.3 is 10.2 Å². The number of rotatable bonds is 4. The molecule has 0 aliphatic heterocycles. The molecule has 3 aromatic rings. The molecule has 0 radical (unpaired) electrons. The van der Waals surface area contributed by atoms with Gasteiger partial charge in [-0.1, -0.05) is 34.1 Å². The molecule has 7 heteroatoms. The van der Waals surface area contributed by atoms with Crippen molar-refractivity contribution in [2.24, 2.45) is 10.1 Å². The normalized spacial score (nSPS) is 12.6. The molecule has 0 atom stereocenters. The number of aromatic nitrogens is 1. The zero-order chi connectivity index (χ0) is 18.7. The summed E-state index contributed by atoms with van der Waals surface area (Å²) in [4.78, 5) is 5.30. The van der Waals surface area contributed by atoms with E-state index in [9.17, 15) is 10.2 Å². The van der Waals surface area contributed by atoms with Gasteiger partial charge in [-0.05, 0) is 32.0 Å². The molecular weight excluding hydrogens is 414 g/mol. The van der Waals surface area contributed by atoms with Gasteiger partial charge in [-0.3, -0.25) is 4.99 Å². The Morgan fingerprint density at radius 2 is 1.96 bits per heavy atom. The Morgan fingerprint density at radius 1 is 1.19 bits per heavy atom. The van der Waals surface area contributed by atoms with Crippen LogP contribution < -0.4 is 4.80 Å². The summed E-state index contributed by atoms with van der Waals surface area (Å²) in [7, 11) is 0. The van der Waals surface area contributed by atoms with Crippen LogP contribution in [0.25, 0.3) is 11.3 Å². The molecule has 1 aromatic heterocycles. The summed E-state index contributed by atoms with van der Waals surface area (Å²) in [5, 5.41) is 26.3. The van der Waals surface area contributed by atoms with Gasteiger partial charge in [0.1, 0.15) is 11.5 Å². The predicted molar refractivity (Wildman–Crippen MR) is 109 cm³/mol. The van der Waals surface area contributed by atoms with Crippen LogP contribution in [0.3, 0.4) is 0 Å². The number of benzene rings is 2. The maximum absolute atomic E-state index is 10.1.